The van der Waals surface area contributed by atoms with Gasteiger partial charge in [-0.25, -0.2) is 0 Å². The van der Waals surface area contributed by atoms with Crippen molar-refractivity contribution in [3.8, 4) is 0 Å². The van der Waals surface area contributed by atoms with Gasteiger partial charge in [0.2, 0.25) is 0 Å². The molecule has 0 aliphatic carbocycles. The number of nitrogens with zero attached hydrogens (tertiary/aromatic N) is 1. The number of hydrogen-bond acceptors (Lipinski definition) is 2. The molecule has 1 N–H and O–H groups in total. The first-order valence-corrected chi connectivity index (χ1v) is 6.62. The second-order valence-corrected chi connectivity index (χ2v) is 4.26. The number of rotatable bonds is 8. The molecule has 0 fully saturated rings. The third-order valence-corrected chi connectivity index (χ3v) is 2.58. The molecule has 25 heavy (non-hydrogen) atoms. The quantitative estimate of drug-likeness (QED) is 0.320. The molecule has 0 aliphatic rings. The second-order valence-electron chi connectivity index (χ2n) is 4.26. The van der Waals surface area contributed by atoms with Gasteiger partial charge in [-0.05, 0) is 38.7 Å². The Labute approximate surface area is 160 Å². The third kappa shape index (κ3) is 18.6. The van der Waals surface area contributed by atoms with Crippen molar-refractivity contribution in [2.45, 2.75) is 32.5 Å². The first kappa shape index (κ1) is 31.2. The molecular weight excluding hydrogens is 366 g/mol. The van der Waals surface area contributed by atoms with Crippen LogP contribution in [-0.4, -0.2) is 28.6 Å². The van der Waals surface area contributed by atoms with E-state index >= 15 is 0 Å². The molecule has 0 aromatic heterocycles. The van der Waals surface area contributed by atoms with Gasteiger partial charge in [-0.2, -0.15) is 6.41 Å². The average molecular weight is 385 g/mol. The summed E-state index contributed by atoms with van der Waals surface area (Å²) in [6, 6.07) is 9.72. The van der Waals surface area contributed by atoms with Gasteiger partial charge in [0, 0.05) is 29.7 Å². The summed E-state index contributed by atoms with van der Waals surface area (Å²) in [4.78, 5) is 12.5. The maximum atomic E-state index is 11.0. The molecule has 0 heterocycles. The van der Waals surface area contributed by atoms with Crippen molar-refractivity contribution in [1.29, 1.82) is 0 Å². The van der Waals surface area contributed by atoms with Crippen LogP contribution in [0.25, 0.3) is 0 Å². The first-order valence-electron chi connectivity index (χ1n) is 6.62. The maximum Gasteiger partial charge on any atom is 0 e. The van der Waals surface area contributed by atoms with E-state index in [1.54, 1.807) is 24.7 Å². The van der Waals surface area contributed by atoms with Crippen LogP contribution in [0.4, 0.5) is 0 Å². The molecule has 1 aromatic carbocycles. The standard InChI is InChI=1S/C15H19NO2.3CO.Fe/c1-13(7-6-8-14(2)18)16(12-17)11-15-9-4-3-5-10-15;3*1-2;/h3-10,13-14,18H,11H2,1-2H3;;;;/q-1;;;;/t13-,14-;;;;/m0..../s1. The molecule has 0 spiro atoms. The van der Waals surface area contributed by atoms with E-state index < -0.39 is 6.10 Å². The van der Waals surface area contributed by atoms with E-state index in [2.05, 4.69) is 20.0 Å². The fourth-order valence-electron chi connectivity index (χ4n) is 1.53. The van der Waals surface area contributed by atoms with Gasteiger partial charge in [-0.3, -0.25) is 0 Å². The summed E-state index contributed by atoms with van der Waals surface area (Å²) in [6.07, 6.45) is 6.77. The molecule has 1 rings (SSSR count). The summed E-state index contributed by atoms with van der Waals surface area (Å²) in [5.74, 6) is 0. The minimum Gasteiger partial charge on any atom is 0 e. The Balaban J connectivity index is -0.000000284. The van der Waals surface area contributed by atoms with E-state index in [0.717, 1.165) is 5.56 Å². The van der Waals surface area contributed by atoms with E-state index in [0.29, 0.717) is 6.54 Å². The normalized spacial score (nSPS) is 10.3. The fourth-order valence-corrected chi connectivity index (χ4v) is 1.53. The Bertz CT molecular complexity index is 445. The third-order valence-electron chi connectivity index (χ3n) is 2.58. The van der Waals surface area contributed by atoms with Crippen molar-refractivity contribution in [1.82, 2.24) is 4.90 Å². The molecule has 3 radical (unpaired) electrons. The zero-order chi connectivity index (χ0) is 19.4. The molecule has 0 aliphatic heterocycles. The van der Waals surface area contributed by atoms with Crippen molar-refractivity contribution in [2.75, 3.05) is 0 Å². The number of hydrogen-bond donors (Lipinski definition) is 1. The number of carbonyl (C=O) groups excluding carboxylic acids is 1. The van der Waals surface area contributed by atoms with Gasteiger partial charge in [0.05, 0.1) is 6.10 Å². The van der Waals surface area contributed by atoms with Crippen LogP contribution >= 0.6 is 0 Å². The molecule has 0 unspecified atom stereocenters. The minimum atomic E-state index is -0.476. The van der Waals surface area contributed by atoms with E-state index in [1.165, 1.54) is 0 Å². The maximum absolute atomic E-state index is 11.0. The Hall–Kier alpha value is -1.61. The van der Waals surface area contributed by atoms with Crippen LogP contribution in [0, 0.1) is 39.2 Å². The molecule has 7 heteroatoms. The van der Waals surface area contributed by atoms with Crippen molar-refractivity contribution in [2.24, 2.45) is 0 Å². The van der Waals surface area contributed by atoms with Gasteiger partial charge < -0.3 is 14.8 Å². The Morgan fingerprint density at radius 3 is 1.96 bits per heavy atom. The van der Waals surface area contributed by atoms with Crippen molar-refractivity contribution in [3.63, 3.8) is 0 Å². The molecule has 0 bridgehead atoms. The summed E-state index contributed by atoms with van der Waals surface area (Å²) in [5, 5.41) is 9.10. The van der Waals surface area contributed by atoms with Gasteiger partial charge in [-0.1, -0.05) is 30.3 Å². The molecule has 2 atom stereocenters. The van der Waals surface area contributed by atoms with E-state index in [-0.39, 0.29) is 23.1 Å². The van der Waals surface area contributed by atoms with Crippen LogP contribution in [0.3, 0.4) is 0 Å². The minimum absolute atomic E-state index is 0. The predicted octanol–water partition coefficient (Wildman–Crippen LogP) is 1.82. The fraction of sp³-hybridized carbons (Fsp3) is 0.278. The van der Waals surface area contributed by atoms with E-state index in [4.69, 9.17) is 19.1 Å². The van der Waals surface area contributed by atoms with Gasteiger partial charge >= 0.3 is 33.9 Å². The number of aliphatic hydroxyl groups is 1. The molecular formula is C18H19FeNO5-. The second kappa shape index (κ2) is 24.6. The zero-order valence-electron chi connectivity index (χ0n) is 13.9. The number of benzene rings is 1. The molecule has 135 valence electrons. The predicted molar refractivity (Wildman–Crippen MR) is 83.5 cm³/mol. The largest absolute Gasteiger partial charge is 0 e. The van der Waals surface area contributed by atoms with Gasteiger partial charge in [0.25, 0.3) is 0 Å². The van der Waals surface area contributed by atoms with Crippen molar-refractivity contribution < 1.29 is 40.9 Å². The molecule has 1 aromatic rings. The van der Waals surface area contributed by atoms with Crippen LogP contribution in [0.2, 0.25) is 0 Å². The summed E-state index contributed by atoms with van der Waals surface area (Å²) in [7, 11) is 0. The molecule has 0 saturated heterocycles. The molecule has 6 nitrogen and oxygen atoms in total. The van der Waals surface area contributed by atoms with Crippen LogP contribution in [0.5, 0.6) is 0 Å². The average Bonchev–Trinajstić information content (AvgIpc) is 2.65. The van der Waals surface area contributed by atoms with Crippen LogP contribution in [-0.2, 0) is 42.4 Å². The summed E-state index contributed by atoms with van der Waals surface area (Å²) in [6.45, 7) is 17.6. The zero-order valence-corrected chi connectivity index (χ0v) is 15.0. The Morgan fingerprint density at radius 1 is 1.08 bits per heavy atom. The van der Waals surface area contributed by atoms with E-state index in [1.807, 2.05) is 50.1 Å². The topological polar surface area (TPSA) is 100 Å². The van der Waals surface area contributed by atoms with E-state index in [9.17, 15) is 4.79 Å². The summed E-state index contributed by atoms with van der Waals surface area (Å²) in [5.41, 5.74) is 1.07. The van der Waals surface area contributed by atoms with Crippen LogP contribution in [0.1, 0.15) is 19.4 Å². The van der Waals surface area contributed by atoms with Gasteiger partial charge in [0.15, 0.2) is 0 Å². The van der Waals surface area contributed by atoms with Gasteiger partial charge in [0.1, 0.15) is 0 Å². The summed E-state index contributed by atoms with van der Waals surface area (Å²) < 4.78 is 22.5. The van der Waals surface area contributed by atoms with Gasteiger partial charge in [-0.15, -0.1) is 0 Å². The number of amides is 1. The van der Waals surface area contributed by atoms with Crippen LogP contribution in [0.15, 0.2) is 30.3 Å². The smallest absolute Gasteiger partial charge is 0 e. The monoisotopic (exact) mass is 385 g/mol. The summed E-state index contributed by atoms with van der Waals surface area (Å²) >= 11 is 0. The SMILES string of the molecule is C[C@H](O)[CH][CH][CH][C@H](C)N([C-]=O)Cc1ccccc1.[C-]#[O+].[C-]#[O+].[C-]#[O+].[Fe]. The van der Waals surface area contributed by atoms with Crippen molar-refractivity contribution in [3.05, 3.63) is 75.1 Å². The Kier molecular flexibility index (Phi) is 30.7. The number of aliphatic hydroxyl groups excluding tert-OH is 1. The van der Waals surface area contributed by atoms with Crippen molar-refractivity contribution >= 4 is 6.41 Å². The first-order chi connectivity index (χ1) is 11.6. The van der Waals surface area contributed by atoms with Crippen LogP contribution < -0.4 is 0 Å². The Morgan fingerprint density at radius 2 is 1.56 bits per heavy atom. The molecule has 1 amide bonds. The molecule has 0 saturated carbocycles.